The molecule has 0 aliphatic rings. The second-order valence-electron chi connectivity index (χ2n) is 3.63. The first-order valence-electron chi connectivity index (χ1n) is 5.79. The smallest absolute Gasteiger partial charge is 0.317 e. The molecule has 0 aromatic rings. The number of esters is 2. The minimum atomic E-state index is -1.16. The number of carbonyl (C=O) groups is 3. The SMILES string of the molecule is CCOC(=O)[C@H](C(=O)CC)[C@H](COC)C(=O)OC. The Kier molecular flexibility index (Phi) is 7.94. The standard InChI is InChI=1S/C12H20O6/c1-5-9(13)10(12(15)18-6-2)8(7-16-3)11(14)17-4/h8,10H,5-7H2,1-4H3/t8-,10-/m0/s1. The zero-order chi connectivity index (χ0) is 14.1. The van der Waals surface area contributed by atoms with Crippen molar-refractivity contribution in [2.24, 2.45) is 11.8 Å². The minimum Gasteiger partial charge on any atom is -0.469 e. The van der Waals surface area contributed by atoms with Crippen LogP contribution in [0.25, 0.3) is 0 Å². The highest BCUT2D eigenvalue weighted by Gasteiger charge is 2.40. The van der Waals surface area contributed by atoms with E-state index in [2.05, 4.69) is 4.74 Å². The highest BCUT2D eigenvalue weighted by atomic mass is 16.5. The largest absolute Gasteiger partial charge is 0.469 e. The van der Waals surface area contributed by atoms with Crippen LogP contribution < -0.4 is 0 Å². The van der Waals surface area contributed by atoms with Gasteiger partial charge in [0.2, 0.25) is 0 Å². The topological polar surface area (TPSA) is 78.9 Å². The highest BCUT2D eigenvalue weighted by Crippen LogP contribution is 2.19. The molecule has 0 saturated carbocycles. The van der Waals surface area contributed by atoms with Gasteiger partial charge in [0.15, 0.2) is 0 Å². The van der Waals surface area contributed by atoms with E-state index in [-0.39, 0.29) is 25.4 Å². The van der Waals surface area contributed by atoms with E-state index in [9.17, 15) is 14.4 Å². The van der Waals surface area contributed by atoms with Crippen LogP contribution in [0.15, 0.2) is 0 Å². The predicted octanol–water partition coefficient (Wildman–Crippen LogP) is 0.580. The van der Waals surface area contributed by atoms with Crippen LogP contribution in [0, 0.1) is 11.8 Å². The maximum absolute atomic E-state index is 11.8. The fraction of sp³-hybridized carbons (Fsp3) is 0.750. The Morgan fingerprint density at radius 1 is 1.06 bits per heavy atom. The molecule has 0 fully saturated rings. The van der Waals surface area contributed by atoms with Crippen molar-refractivity contribution in [2.45, 2.75) is 20.3 Å². The summed E-state index contributed by atoms with van der Waals surface area (Å²) in [5.41, 5.74) is 0. The van der Waals surface area contributed by atoms with E-state index in [4.69, 9.17) is 9.47 Å². The molecule has 0 heterocycles. The molecule has 104 valence electrons. The lowest BCUT2D eigenvalue weighted by Gasteiger charge is -2.21. The van der Waals surface area contributed by atoms with Crippen LogP contribution >= 0.6 is 0 Å². The summed E-state index contributed by atoms with van der Waals surface area (Å²) in [5, 5.41) is 0. The van der Waals surface area contributed by atoms with Gasteiger partial charge in [-0.1, -0.05) is 6.92 Å². The van der Waals surface area contributed by atoms with Crippen LogP contribution in [0.5, 0.6) is 0 Å². The van der Waals surface area contributed by atoms with Gasteiger partial charge < -0.3 is 14.2 Å². The molecule has 0 spiro atoms. The van der Waals surface area contributed by atoms with Gasteiger partial charge in [0, 0.05) is 13.5 Å². The monoisotopic (exact) mass is 260 g/mol. The average Bonchev–Trinajstić information content (AvgIpc) is 2.37. The maximum Gasteiger partial charge on any atom is 0.317 e. The van der Waals surface area contributed by atoms with Crippen LogP contribution in [0.1, 0.15) is 20.3 Å². The van der Waals surface area contributed by atoms with Gasteiger partial charge >= 0.3 is 11.9 Å². The first-order valence-corrected chi connectivity index (χ1v) is 5.79. The zero-order valence-electron chi connectivity index (χ0n) is 11.2. The number of ketones is 1. The molecule has 0 aromatic heterocycles. The van der Waals surface area contributed by atoms with Gasteiger partial charge in [-0.15, -0.1) is 0 Å². The molecular formula is C12H20O6. The Labute approximate surface area is 107 Å². The summed E-state index contributed by atoms with van der Waals surface area (Å²) in [7, 11) is 2.58. The number of ether oxygens (including phenoxy) is 3. The van der Waals surface area contributed by atoms with Crippen molar-refractivity contribution >= 4 is 17.7 Å². The Bertz CT molecular complexity index is 299. The molecule has 6 nitrogen and oxygen atoms in total. The summed E-state index contributed by atoms with van der Waals surface area (Å²) in [4.78, 5) is 35.2. The van der Waals surface area contributed by atoms with E-state index in [1.165, 1.54) is 14.2 Å². The van der Waals surface area contributed by atoms with Gasteiger partial charge in [-0.3, -0.25) is 14.4 Å². The minimum absolute atomic E-state index is 0.0676. The predicted molar refractivity (Wildman–Crippen MR) is 62.8 cm³/mol. The fourth-order valence-electron chi connectivity index (χ4n) is 1.60. The molecule has 0 rings (SSSR count). The molecule has 18 heavy (non-hydrogen) atoms. The number of hydrogen-bond donors (Lipinski definition) is 0. The van der Waals surface area contributed by atoms with Gasteiger partial charge in [-0.05, 0) is 6.92 Å². The fourth-order valence-corrected chi connectivity index (χ4v) is 1.60. The van der Waals surface area contributed by atoms with Gasteiger partial charge in [0.1, 0.15) is 17.6 Å². The van der Waals surface area contributed by atoms with Gasteiger partial charge in [-0.25, -0.2) is 0 Å². The molecule has 6 heteroatoms. The van der Waals surface area contributed by atoms with Crippen molar-refractivity contribution in [3.05, 3.63) is 0 Å². The van der Waals surface area contributed by atoms with Crippen molar-refractivity contribution in [1.29, 1.82) is 0 Å². The average molecular weight is 260 g/mol. The lowest BCUT2D eigenvalue weighted by atomic mass is 9.88. The molecule has 0 N–H and O–H groups in total. The second-order valence-corrected chi connectivity index (χ2v) is 3.63. The molecule has 0 unspecified atom stereocenters. The van der Waals surface area contributed by atoms with Crippen LogP contribution in [-0.4, -0.2) is 45.2 Å². The maximum atomic E-state index is 11.8. The Balaban J connectivity index is 5.15. The van der Waals surface area contributed by atoms with Crippen LogP contribution in [0.2, 0.25) is 0 Å². The quantitative estimate of drug-likeness (QED) is 0.469. The lowest BCUT2D eigenvalue weighted by Crippen LogP contribution is -2.39. The molecule has 0 aliphatic heterocycles. The molecule has 0 bridgehead atoms. The molecule has 0 saturated heterocycles. The summed E-state index contributed by atoms with van der Waals surface area (Å²) in [6.45, 7) is 3.33. The third-order valence-electron chi connectivity index (χ3n) is 2.49. The molecule has 0 aromatic carbocycles. The summed E-state index contributed by atoms with van der Waals surface area (Å²) in [5.74, 6) is -3.86. The highest BCUT2D eigenvalue weighted by molar-refractivity contribution is 6.02. The molecule has 0 radical (unpaired) electrons. The van der Waals surface area contributed by atoms with Gasteiger partial charge in [0.25, 0.3) is 0 Å². The van der Waals surface area contributed by atoms with Crippen molar-refractivity contribution < 1.29 is 28.6 Å². The van der Waals surface area contributed by atoms with E-state index >= 15 is 0 Å². The summed E-state index contributed by atoms with van der Waals surface area (Å²) in [6.07, 6.45) is 0.140. The molecular weight excluding hydrogens is 240 g/mol. The first kappa shape index (κ1) is 16.6. The second kappa shape index (κ2) is 8.63. The van der Waals surface area contributed by atoms with Crippen molar-refractivity contribution in [1.82, 2.24) is 0 Å². The van der Waals surface area contributed by atoms with E-state index in [0.717, 1.165) is 0 Å². The number of hydrogen-bond acceptors (Lipinski definition) is 6. The van der Waals surface area contributed by atoms with E-state index < -0.39 is 23.8 Å². The summed E-state index contributed by atoms with van der Waals surface area (Å²) in [6, 6.07) is 0. The molecule has 0 aliphatic carbocycles. The van der Waals surface area contributed by atoms with Crippen molar-refractivity contribution in [2.75, 3.05) is 27.4 Å². The summed E-state index contributed by atoms with van der Waals surface area (Å²) < 4.78 is 14.3. The number of carbonyl (C=O) groups excluding carboxylic acids is 3. The number of methoxy groups -OCH3 is 2. The number of Topliss-reactive ketones (excluding diaryl/α,β-unsaturated/α-hetero) is 1. The zero-order valence-corrected chi connectivity index (χ0v) is 11.2. The molecule has 2 atom stereocenters. The molecule has 0 amide bonds. The van der Waals surface area contributed by atoms with Crippen LogP contribution in [0.3, 0.4) is 0 Å². The van der Waals surface area contributed by atoms with Crippen LogP contribution in [0.4, 0.5) is 0 Å². The van der Waals surface area contributed by atoms with Crippen LogP contribution in [-0.2, 0) is 28.6 Å². The van der Waals surface area contributed by atoms with Crippen molar-refractivity contribution in [3.63, 3.8) is 0 Å². The Morgan fingerprint density at radius 3 is 2.06 bits per heavy atom. The normalized spacial score (nSPS) is 13.6. The van der Waals surface area contributed by atoms with E-state index in [1.54, 1.807) is 13.8 Å². The number of rotatable bonds is 8. The Hall–Kier alpha value is -1.43. The Morgan fingerprint density at radius 2 is 1.67 bits per heavy atom. The van der Waals surface area contributed by atoms with E-state index in [1.807, 2.05) is 0 Å². The third kappa shape index (κ3) is 4.44. The van der Waals surface area contributed by atoms with Gasteiger partial charge in [-0.2, -0.15) is 0 Å². The summed E-state index contributed by atoms with van der Waals surface area (Å²) >= 11 is 0. The lowest BCUT2D eigenvalue weighted by molar-refractivity contribution is -0.164. The van der Waals surface area contributed by atoms with Gasteiger partial charge in [0.05, 0.1) is 20.3 Å². The first-order chi connectivity index (χ1) is 8.53. The third-order valence-corrected chi connectivity index (χ3v) is 2.49. The van der Waals surface area contributed by atoms with Crippen molar-refractivity contribution in [3.8, 4) is 0 Å². The van der Waals surface area contributed by atoms with E-state index in [0.29, 0.717) is 0 Å².